The summed E-state index contributed by atoms with van der Waals surface area (Å²) in [4.78, 5) is 27.5. The van der Waals surface area contributed by atoms with E-state index in [4.69, 9.17) is 0 Å². The Morgan fingerprint density at radius 2 is 1.85 bits per heavy atom. The number of anilines is 2. The van der Waals surface area contributed by atoms with Crippen molar-refractivity contribution >= 4 is 17.4 Å². The Balaban J connectivity index is 1.52. The lowest BCUT2D eigenvalue weighted by atomic mass is 10.2. The number of piperazine rings is 1. The van der Waals surface area contributed by atoms with Gasteiger partial charge in [0.1, 0.15) is 11.5 Å². The van der Waals surface area contributed by atoms with Gasteiger partial charge in [0.2, 0.25) is 0 Å². The molecule has 26 heavy (non-hydrogen) atoms. The van der Waals surface area contributed by atoms with E-state index in [1.54, 1.807) is 12.3 Å². The van der Waals surface area contributed by atoms with Crippen LogP contribution in [0.4, 0.5) is 11.5 Å². The van der Waals surface area contributed by atoms with Crippen LogP contribution in [0.15, 0.2) is 42.7 Å². The minimum atomic E-state index is -0.127. The molecule has 138 valence electrons. The minimum absolute atomic E-state index is 0.127. The lowest BCUT2D eigenvalue weighted by Gasteiger charge is -2.36. The van der Waals surface area contributed by atoms with Gasteiger partial charge in [0.05, 0.1) is 11.9 Å². The molecular weight excluding hydrogens is 328 g/mol. The van der Waals surface area contributed by atoms with Gasteiger partial charge in [0.15, 0.2) is 0 Å². The van der Waals surface area contributed by atoms with Crippen molar-refractivity contribution in [1.29, 1.82) is 0 Å². The molecule has 7 heteroatoms. The van der Waals surface area contributed by atoms with E-state index < -0.39 is 0 Å². The molecule has 3 heterocycles. The summed E-state index contributed by atoms with van der Waals surface area (Å²) in [5, 5.41) is 2.88. The second-order valence-corrected chi connectivity index (χ2v) is 6.62. The van der Waals surface area contributed by atoms with Gasteiger partial charge >= 0.3 is 0 Å². The number of nitrogens with one attached hydrogen (secondary N) is 1. The maximum absolute atomic E-state index is 12.1. The maximum atomic E-state index is 12.1. The van der Waals surface area contributed by atoms with Crippen LogP contribution in [0, 0.1) is 0 Å². The highest BCUT2D eigenvalue weighted by molar-refractivity contribution is 5.92. The zero-order valence-corrected chi connectivity index (χ0v) is 15.4. The number of likely N-dealkylation sites (N-methyl/N-ethyl adjacent to an activating group) is 1. The molecule has 2 aromatic rings. The van der Waals surface area contributed by atoms with Gasteiger partial charge in [0.25, 0.3) is 5.91 Å². The molecule has 7 nitrogen and oxygen atoms in total. The van der Waals surface area contributed by atoms with E-state index in [2.05, 4.69) is 25.1 Å². The van der Waals surface area contributed by atoms with Crippen LogP contribution in [-0.2, 0) is 0 Å². The third-order valence-electron chi connectivity index (χ3n) is 4.44. The third kappa shape index (κ3) is 4.70. The van der Waals surface area contributed by atoms with Gasteiger partial charge in [-0.05, 0) is 38.4 Å². The largest absolute Gasteiger partial charge is 0.367 e. The lowest BCUT2D eigenvalue weighted by molar-refractivity contribution is 0.0946. The monoisotopic (exact) mass is 354 g/mol. The summed E-state index contributed by atoms with van der Waals surface area (Å²) in [6.45, 7) is 5.09. The van der Waals surface area contributed by atoms with E-state index in [0.29, 0.717) is 12.2 Å². The Labute approximate surface area is 154 Å². The normalized spacial score (nSPS) is 14.6. The molecule has 1 aliphatic heterocycles. The summed E-state index contributed by atoms with van der Waals surface area (Å²) in [6, 6.07) is 9.77. The number of nitrogens with zero attached hydrogens (tertiary/aromatic N) is 5. The van der Waals surface area contributed by atoms with Gasteiger partial charge in [-0.25, -0.2) is 9.97 Å². The highest BCUT2D eigenvalue weighted by atomic mass is 16.1. The first kappa shape index (κ1) is 18.1. The second kappa shape index (κ2) is 8.62. The van der Waals surface area contributed by atoms with Crippen LogP contribution in [-0.4, -0.2) is 74.1 Å². The fourth-order valence-electron chi connectivity index (χ4n) is 2.93. The Bertz CT molecular complexity index is 696. The first-order chi connectivity index (χ1) is 12.6. The number of rotatable bonds is 6. The summed E-state index contributed by atoms with van der Waals surface area (Å²) < 4.78 is 0. The SMILES string of the molecule is CN(C)CCNC(=O)c1ccc(N2CCN(c3ccccn3)CC2)cn1. The van der Waals surface area contributed by atoms with E-state index in [1.807, 2.05) is 49.5 Å². The van der Waals surface area contributed by atoms with Gasteiger partial charge < -0.3 is 20.0 Å². The standard InChI is InChI=1S/C19H26N6O/c1-23(2)10-9-21-19(26)17-7-6-16(15-22-17)24-11-13-25(14-12-24)18-5-3-4-8-20-18/h3-8,15H,9-14H2,1-2H3,(H,21,26). The first-order valence-electron chi connectivity index (χ1n) is 8.93. The predicted octanol–water partition coefficient (Wildman–Crippen LogP) is 1.09. The molecule has 0 aliphatic carbocycles. The maximum Gasteiger partial charge on any atom is 0.269 e. The average Bonchev–Trinajstić information content (AvgIpc) is 2.68. The number of amides is 1. The van der Waals surface area contributed by atoms with Crippen LogP contribution in [0.25, 0.3) is 0 Å². The highest BCUT2D eigenvalue weighted by Crippen LogP contribution is 2.18. The van der Waals surface area contributed by atoms with E-state index in [9.17, 15) is 4.79 Å². The van der Waals surface area contributed by atoms with Crippen molar-refractivity contribution in [3.05, 3.63) is 48.4 Å². The van der Waals surface area contributed by atoms with Gasteiger partial charge in [-0.1, -0.05) is 6.07 Å². The first-order valence-corrected chi connectivity index (χ1v) is 8.93. The fraction of sp³-hybridized carbons (Fsp3) is 0.421. The number of carbonyl (C=O) groups is 1. The molecule has 0 saturated carbocycles. The molecule has 0 unspecified atom stereocenters. The fourth-order valence-corrected chi connectivity index (χ4v) is 2.93. The van der Waals surface area contributed by atoms with E-state index in [-0.39, 0.29) is 5.91 Å². The number of hydrogen-bond acceptors (Lipinski definition) is 6. The topological polar surface area (TPSA) is 64.6 Å². The molecular formula is C19H26N6O. The van der Waals surface area contributed by atoms with Gasteiger partial charge in [-0.15, -0.1) is 0 Å². The summed E-state index contributed by atoms with van der Waals surface area (Å²) in [6.07, 6.45) is 3.62. The highest BCUT2D eigenvalue weighted by Gasteiger charge is 2.18. The van der Waals surface area contributed by atoms with Crippen molar-refractivity contribution in [2.24, 2.45) is 0 Å². The predicted molar refractivity (Wildman–Crippen MR) is 104 cm³/mol. The molecule has 0 bridgehead atoms. The molecule has 1 N–H and O–H groups in total. The van der Waals surface area contributed by atoms with E-state index >= 15 is 0 Å². The number of hydrogen-bond donors (Lipinski definition) is 1. The lowest BCUT2D eigenvalue weighted by Crippen LogP contribution is -2.46. The molecule has 2 aromatic heterocycles. The molecule has 1 amide bonds. The zero-order chi connectivity index (χ0) is 18.4. The van der Waals surface area contributed by atoms with Crippen LogP contribution in [0.5, 0.6) is 0 Å². The number of pyridine rings is 2. The Hall–Kier alpha value is -2.67. The molecule has 0 aromatic carbocycles. The van der Waals surface area contributed by atoms with E-state index in [0.717, 1.165) is 44.2 Å². The Kier molecular flexibility index (Phi) is 6.01. The second-order valence-electron chi connectivity index (χ2n) is 6.62. The summed E-state index contributed by atoms with van der Waals surface area (Å²) >= 11 is 0. The zero-order valence-electron chi connectivity index (χ0n) is 15.4. The molecule has 3 rings (SSSR count). The minimum Gasteiger partial charge on any atom is -0.367 e. The Morgan fingerprint density at radius 1 is 1.08 bits per heavy atom. The summed E-state index contributed by atoms with van der Waals surface area (Å²) in [5.74, 6) is 0.897. The third-order valence-corrected chi connectivity index (χ3v) is 4.44. The van der Waals surface area contributed by atoms with Crippen LogP contribution in [0.3, 0.4) is 0 Å². The van der Waals surface area contributed by atoms with Crippen molar-refractivity contribution in [3.63, 3.8) is 0 Å². The average molecular weight is 354 g/mol. The van der Waals surface area contributed by atoms with Gasteiger partial charge in [0, 0.05) is 45.5 Å². The molecule has 1 fully saturated rings. The molecule has 0 spiro atoms. The number of aromatic nitrogens is 2. The quantitative estimate of drug-likeness (QED) is 0.838. The van der Waals surface area contributed by atoms with Crippen LogP contribution < -0.4 is 15.1 Å². The molecule has 1 aliphatic rings. The van der Waals surface area contributed by atoms with E-state index in [1.165, 1.54) is 0 Å². The molecule has 0 radical (unpaired) electrons. The Morgan fingerprint density at radius 3 is 2.46 bits per heavy atom. The summed E-state index contributed by atoms with van der Waals surface area (Å²) in [5.41, 5.74) is 1.51. The molecule has 0 atom stereocenters. The van der Waals surface area contributed by atoms with Crippen molar-refractivity contribution < 1.29 is 4.79 Å². The van der Waals surface area contributed by atoms with Crippen LogP contribution >= 0.6 is 0 Å². The van der Waals surface area contributed by atoms with Gasteiger partial charge in [-0.3, -0.25) is 4.79 Å². The van der Waals surface area contributed by atoms with Crippen LogP contribution in [0.1, 0.15) is 10.5 Å². The van der Waals surface area contributed by atoms with Crippen LogP contribution in [0.2, 0.25) is 0 Å². The van der Waals surface area contributed by atoms with Gasteiger partial charge in [-0.2, -0.15) is 0 Å². The molecule has 1 saturated heterocycles. The van der Waals surface area contributed by atoms with Crippen molar-refractivity contribution in [2.45, 2.75) is 0 Å². The van der Waals surface area contributed by atoms with Crippen molar-refractivity contribution in [1.82, 2.24) is 20.2 Å². The van der Waals surface area contributed by atoms with Crippen molar-refractivity contribution in [2.75, 3.05) is 63.2 Å². The number of carbonyl (C=O) groups excluding carboxylic acids is 1. The smallest absolute Gasteiger partial charge is 0.269 e. The summed E-state index contributed by atoms with van der Waals surface area (Å²) in [7, 11) is 3.96. The van der Waals surface area contributed by atoms with Crippen molar-refractivity contribution in [3.8, 4) is 0 Å².